The molecule has 0 fully saturated rings. The Morgan fingerprint density at radius 2 is 0.739 bits per heavy atom. The molecule has 0 aliphatic carbocycles. The molecular weight excluding hydrogens is 360 g/mol. The van der Waals surface area contributed by atoms with Gasteiger partial charge in [0.05, 0.1) is 4.82 Å². The molecule has 138 valence electrons. The third kappa shape index (κ3) is 4.56. The smallest absolute Gasteiger partial charge is 0.374 e. The van der Waals surface area contributed by atoms with Gasteiger partial charge in [0.2, 0.25) is 0 Å². The summed E-state index contributed by atoms with van der Waals surface area (Å²) in [6.07, 6.45) is 0. The number of hydrogen-bond donors (Lipinski definition) is 0. The molecule has 9 nitrogen and oxygen atoms in total. The molecule has 23 heavy (non-hydrogen) atoms. The van der Waals surface area contributed by atoms with Crippen LogP contribution in [0.5, 0.6) is 0 Å². The molecule has 0 spiro atoms. The minimum Gasteiger partial charge on any atom is -0.374 e. The zero-order valence-corrected chi connectivity index (χ0v) is 18.3. The van der Waals surface area contributed by atoms with Crippen LogP contribution in [-0.4, -0.2) is 90.4 Å². The van der Waals surface area contributed by atoms with Gasteiger partial charge in [0.25, 0.3) is 0 Å². The van der Waals surface area contributed by atoms with Crippen LogP contribution in [0.15, 0.2) is 10.5 Å². The van der Waals surface area contributed by atoms with Crippen LogP contribution in [0.4, 0.5) is 0 Å². The fourth-order valence-corrected chi connectivity index (χ4v) is 11.5. The Morgan fingerprint density at radius 1 is 0.478 bits per heavy atom. The predicted octanol–water partition coefficient (Wildman–Crippen LogP) is 0.165. The standard InChI is InChI=1S/C11H28O9Si3/c1-12-21(13-2,14-3)10-11(22(15-4,16-5)17-6)23(18-7,19-8)20-9/h10H,1-9H3. The van der Waals surface area contributed by atoms with Crippen LogP contribution in [0.2, 0.25) is 0 Å². The van der Waals surface area contributed by atoms with Crippen molar-refractivity contribution in [3.8, 4) is 0 Å². The van der Waals surface area contributed by atoms with Gasteiger partial charge in [0, 0.05) is 64.0 Å². The number of rotatable bonds is 12. The molecule has 0 saturated carbocycles. The molecule has 0 radical (unpaired) electrons. The summed E-state index contributed by atoms with van der Waals surface area (Å²) in [5.41, 5.74) is 1.64. The minimum atomic E-state index is -3.36. The first-order valence-electron chi connectivity index (χ1n) is 6.59. The third-order valence-electron chi connectivity index (χ3n) is 3.45. The van der Waals surface area contributed by atoms with E-state index in [4.69, 9.17) is 39.8 Å². The van der Waals surface area contributed by atoms with Crippen LogP contribution >= 0.6 is 0 Å². The van der Waals surface area contributed by atoms with E-state index in [2.05, 4.69) is 0 Å². The van der Waals surface area contributed by atoms with Gasteiger partial charge in [-0.15, -0.1) is 0 Å². The maximum absolute atomic E-state index is 5.57. The number of hydrogen-bond acceptors (Lipinski definition) is 9. The van der Waals surface area contributed by atoms with E-state index in [9.17, 15) is 0 Å². The Kier molecular flexibility index (Phi) is 10.1. The lowest BCUT2D eigenvalue weighted by atomic mass is 11.2. The van der Waals surface area contributed by atoms with Crippen LogP contribution in [-0.2, 0) is 39.8 Å². The maximum Gasteiger partial charge on any atom is 0.534 e. The summed E-state index contributed by atoms with van der Waals surface area (Å²) in [5.74, 6) is 0. The first-order chi connectivity index (χ1) is 10.9. The van der Waals surface area contributed by atoms with Crippen molar-refractivity contribution < 1.29 is 39.8 Å². The van der Waals surface area contributed by atoms with Gasteiger partial charge in [-0.25, -0.2) is 0 Å². The lowest BCUT2D eigenvalue weighted by Gasteiger charge is -2.36. The van der Waals surface area contributed by atoms with Crippen LogP contribution in [0.1, 0.15) is 0 Å². The highest BCUT2D eigenvalue weighted by Crippen LogP contribution is 2.31. The highest BCUT2D eigenvalue weighted by molar-refractivity contribution is 6.93. The third-order valence-corrected chi connectivity index (χ3v) is 13.0. The summed E-state index contributed by atoms with van der Waals surface area (Å²) in [6.45, 7) is 0. The maximum atomic E-state index is 5.57. The average molecular weight is 389 g/mol. The second-order valence-corrected chi connectivity index (χ2v) is 13.1. The molecule has 0 saturated heterocycles. The van der Waals surface area contributed by atoms with E-state index in [-0.39, 0.29) is 0 Å². The minimum absolute atomic E-state index is 0.446. The lowest BCUT2D eigenvalue weighted by molar-refractivity contribution is 0.109. The Bertz CT molecular complexity index is 321. The van der Waals surface area contributed by atoms with E-state index in [0.717, 1.165) is 0 Å². The first kappa shape index (κ1) is 23.0. The molecule has 12 heteroatoms. The van der Waals surface area contributed by atoms with E-state index in [1.165, 1.54) is 64.0 Å². The molecule has 0 aliphatic heterocycles. The predicted molar refractivity (Wildman–Crippen MR) is 88.4 cm³/mol. The molecule has 0 aromatic rings. The second kappa shape index (κ2) is 10.1. The fourth-order valence-electron chi connectivity index (χ4n) is 2.13. The quantitative estimate of drug-likeness (QED) is 0.434. The summed E-state index contributed by atoms with van der Waals surface area (Å²) in [7, 11) is 3.41. The van der Waals surface area contributed by atoms with Gasteiger partial charge in [-0.05, 0) is 5.70 Å². The molecule has 0 atom stereocenters. The van der Waals surface area contributed by atoms with Crippen molar-refractivity contribution in [1.82, 2.24) is 0 Å². The molecule has 0 rings (SSSR count). The Hall–Kier alpha value is 0.0306. The molecule has 0 unspecified atom stereocenters. The molecule has 0 bridgehead atoms. The molecule has 0 amide bonds. The van der Waals surface area contributed by atoms with Crippen molar-refractivity contribution >= 4 is 26.4 Å². The summed E-state index contributed by atoms with van der Waals surface area (Å²) in [6, 6.07) is 0. The zero-order valence-electron chi connectivity index (χ0n) is 15.3. The summed E-state index contributed by atoms with van der Waals surface area (Å²) in [4.78, 5) is 0.446. The SMILES string of the molecule is CO[Si](C=C([Si](OC)(OC)OC)[Si](OC)(OC)OC)(OC)OC. The topological polar surface area (TPSA) is 83.1 Å². The normalized spacial score (nSPS) is 13.3. The van der Waals surface area contributed by atoms with Crippen molar-refractivity contribution in [2.24, 2.45) is 0 Å². The van der Waals surface area contributed by atoms with Gasteiger partial charge in [-0.3, -0.25) is 0 Å². The van der Waals surface area contributed by atoms with Crippen molar-refractivity contribution in [1.29, 1.82) is 0 Å². The van der Waals surface area contributed by atoms with Gasteiger partial charge < -0.3 is 39.8 Å². The lowest BCUT2D eigenvalue weighted by Crippen LogP contribution is -2.61. The summed E-state index contributed by atoms with van der Waals surface area (Å²) >= 11 is 0. The first-order valence-corrected chi connectivity index (χ1v) is 11.8. The molecule has 0 N–H and O–H groups in total. The largest absolute Gasteiger partial charge is 0.534 e. The second-order valence-electron chi connectivity index (χ2n) is 4.11. The van der Waals surface area contributed by atoms with Crippen LogP contribution in [0, 0.1) is 0 Å². The molecule has 0 aromatic heterocycles. The van der Waals surface area contributed by atoms with E-state index in [1.54, 1.807) is 5.70 Å². The zero-order chi connectivity index (χ0) is 18.1. The van der Waals surface area contributed by atoms with E-state index in [0.29, 0.717) is 4.82 Å². The summed E-state index contributed by atoms with van der Waals surface area (Å²) < 4.78 is 49.8. The monoisotopic (exact) mass is 388 g/mol. The summed E-state index contributed by atoms with van der Waals surface area (Å²) in [5, 5.41) is 0. The molecule has 0 heterocycles. The fraction of sp³-hybridized carbons (Fsp3) is 0.818. The molecule has 0 aliphatic rings. The Morgan fingerprint density at radius 3 is 0.913 bits per heavy atom. The van der Waals surface area contributed by atoms with Crippen molar-refractivity contribution in [3.63, 3.8) is 0 Å². The molecular formula is C11H28O9Si3. The van der Waals surface area contributed by atoms with Gasteiger partial charge >= 0.3 is 26.4 Å². The highest BCUT2D eigenvalue weighted by atomic mass is 28.5. The van der Waals surface area contributed by atoms with Gasteiger partial charge in [0.1, 0.15) is 0 Å². The molecule has 0 aromatic carbocycles. The van der Waals surface area contributed by atoms with Crippen LogP contribution in [0.3, 0.4) is 0 Å². The van der Waals surface area contributed by atoms with E-state index in [1.807, 2.05) is 0 Å². The van der Waals surface area contributed by atoms with Gasteiger partial charge in [0.15, 0.2) is 0 Å². The Labute approximate surface area is 141 Å². The van der Waals surface area contributed by atoms with E-state index >= 15 is 0 Å². The highest BCUT2D eigenvalue weighted by Gasteiger charge is 2.61. The van der Waals surface area contributed by atoms with E-state index < -0.39 is 26.4 Å². The van der Waals surface area contributed by atoms with Gasteiger partial charge in [-0.1, -0.05) is 0 Å². The Balaban J connectivity index is 6.52. The average Bonchev–Trinajstić information content (AvgIpc) is 2.63. The van der Waals surface area contributed by atoms with Crippen LogP contribution < -0.4 is 0 Å². The van der Waals surface area contributed by atoms with Crippen molar-refractivity contribution in [2.75, 3.05) is 64.0 Å². The van der Waals surface area contributed by atoms with Crippen molar-refractivity contribution in [2.45, 2.75) is 0 Å². The van der Waals surface area contributed by atoms with Crippen molar-refractivity contribution in [3.05, 3.63) is 10.5 Å². The van der Waals surface area contributed by atoms with Crippen LogP contribution in [0.25, 0.3) is 0 Å². The van der Waals surface area contributed by atoms with Gasteiger partial charge in [-0.2, -0.15) is 0 Å².